The second-order valence-electron chi connectivity index (χ2n) is 3.79. The Hall–Kier alpha value is -2.10. The lowest BCUT2D eigenvalue weighted by atomic mass is 10.1. The number of aromatic amines is 1. The zero-order valence-corrected chi connectivity index (χ0v) is 9.41. The van der Waals surface area contributed by atoms with E-state index in [0.29, 0.717) is 0 Å². The zero-order chi connectivity index (χ0) is 13.0. The van der Waals surface area contributed by atoms with Crippen LogP contribution in [0.1, 0.15) is 16.7 Å². The molecule has 0 aliphatic rings. The van der Waals surface area contributed by atoms with Gasteiger partial charge in [0.25, 0.3) is 0 Å². The van der Waals surface area contributed by atoms with E-state index in [1.807, 2.05) is 18.2 Å². The minimum Gasteiger partial charge on any atom is -0.218 e. The highest BCUT2D eigenvalue weighted by Crippen LogP contribution is 2.29. The summed E-state index contributed by atoms with van der Waals surface area (Å²) in [5.74, 6) is 0. The number of H-pyrrole nitrogens is 1. The van der Waals surface area contributed by atoms with E-state index in [0.717, 1.165) is 23.3 Å². The van der Waals surface area contributed by atoms with E-state index in [1.54, 1.807) is 18.5 Å². The van der Waals surface area contributed by atoms with E-state index in [9.17, 15) is 13.2 Å². The van der Waals surface area contributed by atoms with Crippen molar-refractivity contribution < 1.29 is 18.2 Å². The lowest BCUT2D eigenvalue weighted by molar-refractivity contribution is -0.378. The van der Waals surface area contributed by atoms with Crippen molar-refractivity contribution in [3.63, 3.8) is 0 Å². The zero-order valence-electron chi connectivity index (χ0n) is 9.41. The molecule has 0 saturated heterocycles. The average molecular weight is 250 g/mol. The Bertz CT molecular complexity index is 527. The van der Waals surface area contributed by atoms with Gasteiger partial charge in [0.05, 0.1) is 5.56 Å². The monoisotopic (exact) mass is 250 g/mol. The van der Waals surface area contributed by atoms with Gasteiger partial charge in [-0.2, -0.15) is 13.2 Å². The number of benzene rings is 1. The van der Waals surface area contributed by atoms with Crippen LogP contribution < -0.4 is 4.98 Å². The Morgan fingerprint density at radius 2 is 1.28 bits per heavy atom. The fraction of sp³-hybridized carbons (Fsp3) is 0.0714. The third-order valence-electron chi connectivity index (χ3n) is 2.45. The van der Waals surface area contributed by atoms with Crippen molar-refractivity contribution in [3.8, 4) is 0 Å². The number of hydrogen-bond acceptors (Lipinski definition) is 0. The first-order valence-corrected chi connectivity index (χ1v) is 5.37. The molecule has 4 heteroatoms. The van der Waals surface area contributed by atoms with Crippen LogP contribution in [0.2, 0.25) is 0 Å². The number of pyridine rings is 1. The Balaban J connectivity index is 2.14. The van der Waals surface area contributed by atoms with Crippen LogP contribution in [-0.2, 0) is 6.18 Å². The van der Waals surface area contributed by atoms with Crippen LogP contribution in [0.5, 0.6) is 0 Å². The molecule has 1 aromatic carbocycles. The highest BCUT2D eigenvalue weighted by atomic mass is 19.4. The molecule has 0 fully saturated rings. The molecular formula is C14H11F3N+. The fourth-order valence-corrected chi connectivity index (χ4v) is 1.49. The average Bonchev–Trinajstić information content (AvgIpc) is 2.37. The van der Waals surface area contributed by atoms with Crippen molar-refractivity contribution in [1.82, 2.24) is 0 Å². The second-order valence-corrected chi connectivity index (χ2v) is 3.79. The molecule has 92 valence electrons. The quantitative estimate of drug-likeness (QED) is 0.771. The molecule has 0 saturated carbocycles. The van der Waals surface area contributed by atoms with Crippen LogP contribution >= 0.6 is 0 Å². The predicted molar refractivity (Wildman–Crippen MR) is 63.4 cm³/mol. The van der Waals surface area contributed by atoms with E-state index in [1.165, 1.54) is 12.1 Å². The van der Waals surface area contributed by atoms with E-state index >= 15 is 0 Å². The molecule has 2 rings (SSSR count). The summed E-state index contributed by atoms with van der Waals surface area (Å²) >= 11 is 0. The summed E-state index contributed by atoms with van der Waals surface area (Å²) < 4.78 is 37.0. The first kappa shape index (κ1) is 12.4. The molecule has 0 aliphatic carbocycles. The predicted octanol–water partition coefficient (Wildman–Crippen LogP) is 3.69. The maximum absolute atomic E-state index is 12.3. The van der Waals surface area contributed by atoms with E-state index < -0.39 is 11.7 Å². The van der Waals surface area contributed by atoms with E-state index in [2.05, 4.69) is 4.98 Å². The van der Waals surface area contributed by atoms with Gasteiger partial charge in [0.1, 0.15) is 0 Å². The van der Waals surface area contributed by atoms with Crippen molar-refractivity contribution in [2.24, 2.45) is 0 Å². The lowest BCUT2D eigenvalue weighted by Gasteiger charge is -2.05. The lowest BCUT2D eigenvalue weighted by Crippen LogP contribution is -2.03. The van der Waals surface area contributed by atoms with Gasteiger partial charge < -0.3 is 0 Å². The molecule has 0 radical (unpaired) electrons. The van der Waals surface area contributed by atoms with Gasteiger partial charge in [-0.25, -0.2) is 4.98 Å². The molecular weight excluding hydrogens is 239 g/mol. The molecule has 0 unspecified atom stereocenters. The van der Waals surface area contributed by atoms with Crippen molar-refractivity contribution in [2.75, 3.05) is 0 Å². The van der Waals surface area contributed by atoms with Crippen molar-refractivity contribution in [2.45, 2.75) is 6.18 Å². The number of alkyl halides is 3. The molecule has 0 amide bonds. The molecule has 0 bridgehead atoms. The third kappa shape index (κ3) is 3.20. The molecule has 1 N–H and O–H groups in total. The third-order valence-corrected chi connectivity index (χ3v) is 2.45. The SMILES string of the molecule is FC(F)(F)c1ccc(/C=C/c2cc[nH+]cc2)cc1. The molecule has 1 aromatic heterocycles. The molecule has 0 atom stereocenters. The van der Waals surface area contributed by atoms with Crippen molar-refractivity contribution >= 4 is 12.2 Å². The molecule has 0 aliphatic heterocycles. The molecule has 1 heterocycles. The van der Waals surface area contributed by atoms with Gasteiger partial charge in [-0.3, -0.25) is 0 Å². The van der Waals surface area contributed by atoms with Crippen LogP contribution in [0.4, 0.5) is 13.2 Å². The normalized spacial score (nSPS) is 11.9. The Morgan fingerprint density at radius 3 is 1.78 bits per heavy atom. The summed E-state index contributed by atoms with van der Waals surface area (Å²) in [6.45, 7) is 0. The number of aromatic nitrogens is 1. The van der Waals surface area contributed by atoms with Crippen molar-refractivity contribution in [1.29, 1.82) is 0 Å². The van der Waals surface area contributed by atoms with Gasteiger partial charge in [-0.1, -0.05) is 24.3 Å². The highest BCUT2D eigenvalue weighted by Gasteiger charge is 2.29. The first-order valence-electron chi connectivity index (χ1n) is 5.37. The van der Waals surface area contributed by atoms with E-state index in [4.69, 9.17) is 0 Å². The van der Waals surface area contributed by atoms with Crippen LogP contribution in [0, 0.1) is 0 Å². The summed E-state index contributed by atoms with van der Waals surface area (Å²) in [6, 6.07) is 8.82. The van der Waals surface area contributed by atoms with E-state index in [-0.39, 0.29) is 0 Å². The maximum atomic E-state index is 12.3. The topological polar surface area (TPSA) is 14.1 Å². The van der Waals surface area contributed by atoms with Crippen LogP contribution in [0.15, 0.2) is 48.8 Å². The van der Waals surface area contributed by atoms with Crippen LogP contribution in [0.3, 0.4) is 0 Å². The number of rotatable bonds is 2. The van der Waals surface area contributed by atoms with Gasteiger partial charge in [-0.15, -0.1) is 0 Å². The van der Waals surface area contributed by atoms with Crippen LogP contribution in [-0.4, -0.2) is 0 Å². The molecule has 2 aromatic rings. The fourth-order valence-electron chi connectivity index (χ4n) is 1.49. The molecule has 0 spiro atoms. The van der Waals surface area contributed by atoms with Gasteiger partial charge >= 0.3 is 6.18 Å². The van der Waals surface area contributed by atoms with Gasteiger partial charge in [0, 0.05) is 12.1 Å². The van der Waals surface area contributed by atoms with Crippen molar-refractivity contribution in [3.05, 3.63) is 65.5 Å². The molecule has 1 nitrogen and oxygen atoms in total. The Morgan fingerprint density at radius 1 is 0.778 bits per heavy atom. The largest absolute Gasteiger partial charge is 0.416 e. The summed E-state index contributed by atoms with van der Waals surface area (Å²) in [4.78, 5) is 2.90. The minimum absolute atomic E-state index is 0.631. The number of nitrogens with one attached hydrogen (secondary N) is 1. The first-order chi connectivity index (χ1) is 8.55. The van der Waals surface area contributed by atoms with Gasteiger partial charge in [-0.05, 0) is 23.3 Å². The summed E-state index contributed by atoms with van der Waals surface area (Å²) in [5, 5.41) is 0. The van der Waals surface area contributed by atoms with Gasteiger partial charge in [0.2, 0.25) is 0 Å². The van der Waals surface area contributed by atoms with Crippen LogP contribution in [0.25, 0.3) is 12.2 Å². The number of hydrogen-bond donors (Lipinski definition) is 0. The minimum atomic E-state index is -4.28. The summed E-state index contributed by atoms with van der Waals surface area (Å²) in [5.41, 5.74) is 1.08. The Labute approximate surface area is 103 Å². The highest BCUT2D eigenvalue weighted by molar-refractivity contribution is 5.69. The smallest absolute Gasteiger partial charge is 0.218 e. The molecule has 18 heavy (non-hydrogen) atoms. The second kappa shape index (κ2) is 5.04. The Kier molecular flexibility index (Phi) is 3.46. The summed E-state index contributed by atoms with van der Waals surface area (Å²) in [6.07, 6.45) is 2.91. The van der Waals surface area contributed by atoms with Gasteiger partial charge in [0.15, 0.2) is 12.4 Å². The number of halogens is 3. The maximum Gasteiger partial charge on any atom is 0.416 e. The summed E-state index contributed by atoms with van der Waals surface area (Å²) in [7, 11) is 0. The standard InChI is InChI=1S/C14H10F3N/c15-14(16,17)13-5-3-11(4-6-13)1-2-12-7-9-18-10-8-12/h1-10H/p+1/b2-1+.